The van der Waals surface area contributed by atoms with Gasteiger partial charge in [-0.25, -0.2) is 0 Å². The predicted octanol–water partition coefficient (Wildman–Crippen LogP) is 1.04. The second-order valence-electron chi connectivity index (χ2n) is 2.16. The van der Waals surface area contributed by atoms with Gasteiger partial charge in [-0.3, -0.25) is 0 Å². The van der Waals surface area contributed by atoms with Crippen molar-refractivity contribution in [2.45, 2.75) is 12.5 Å². The first-order chi connectivity index (χ1) is 4.68. The maximum Gasteiger partial charge on any atom is 0.145 e. The van der Waals surface area contributed by atoms with Crippen LogP contribution in [-0.4, -0.2) is 18.6 Å². The molecule has 56 valence electrons. The lowest BCUT2D eigenvalue weighted by Crippen LogP contribution is -2.28. The first kappa shape index (κ1) is 8.80. The zero-order valence-electron chi connectivity index (χ0n) is 5.48. The summed E-state index contributed by atoms with van der Waals surface area (Å²) in [5.74, 6) is 0. The molecule has 0 aliphatic rings. The highest BCUT2D eigenvalue weighted by Gasteiger charge is 2.26. The molecule has 6 heteroatoms. The van der Waals surface area contributed by atoms with Crippen molar-refractivity contribution in [3.05, 3.63) is 14.7 Å². The quantitative estimate of drug-likeness (QED) is 0.541. The molecule has 0 aromatic rings. The Hall–Kier alpha value is -1.20. The van der Waals surface area contributed by atoms with Crippen molar-refractivity contribution in [1.82, 2.24) is 0 Å². The molecule has 0 amide bonds. The molecule has 0 aromatic carbocycles. The largest absolute Gasteiger partial charge is 0.151 e. The summed E-state index contributed by atoms with van der Waals surface area (Å²) >= 11 is 0. The predicted molar refractivity (Wildman–Crippen MR) is 35.5 cm³/mol. The Morgan fingerprint density at radius 1 is 1.10 bits per heavy atom. The minimum Gasteiger partial charge on any atom is -0.151 e. The second-order valence-corrected chi connectivity index (χ2v) is 2.16. The van der Waals surface area contributed by atoms with E-state index in [1.807, 2.05) is 0 Å². The number of hydrogen-bond acceptors (Lipinski definition) is 6. The summed E-state index contributed by atoms with van der Waals surface area (Å²) in [6.07, 6.45) is 0. The van der Waals surface area contributed by atoms with Gasteiger partial charge >= 0.3 is 0 Å². The smallest absolute Gasteiger partial charge is 0.145 e. The van der Waals surface area contributed by atoms with Crippen LogP contribution in [0.4, 0.5) is 0 Å². The Bertz CT molecular complexity index is 137. The molecule has 0 spiro atoms. The third-order valence-corrected chi connectivity index (χ3v) is 1.03. The molecule has 0 unspecified atom stereocenters. The van der Waals surface area contributed by atoms with Crippen molar-refractivity contribution in [3.8, 4) is 0 Å². The number of nitrogens with zero attached hydrogens (tertiary/aromatic N) is 3. The molecule has 0 N–H and O–H groups in total. The molecule has 0 atom stereocenters. The zero-order chi connectivity index (χ0) is 8.04. The maximum absolute atomic E-state index is 9.96. The van der Waals surface area contributed by atoms with Crippen LogP contribution in [0, 0.1) is 14.7 Å². The molecular weight excluding hydrogens is 138 g/mol. The lowest BCUT2D eigenvalue weighted by Gasteiger charge is -2.10. The molecule has 0 aromatic heterocycles. The maximum atomic E-state index is 9.96. The van der Waals surface area contributed by atoms with Crippen LogP contribution in [0.2, 0.25) is 0 Å². The standard InChI is InChI=1S/C4H7N3O3/c1-4(7-10,2-5-8)3-6-9/h2-3H2,1H3. The zero-order valence-corrected chi connectivity index (χ0v) is 5.48. The van der Waals surface area contributed by atoms with Gasteiger partial charge in [0.25, 0.3) is 0 Å². The van der Waals surface area contributed by atoms with Gasteiger partial charge in [-0.2, -0.15) is 14.7 Å². The van der Waals surface area contributed by atoms with Crippen molar-refractivity contribution < 1.29 is 0 Å². The molecule has 0 rings (SSSR count). The van der Waals surface area contributed by atoms with E-state index >= 15 is 0 Å². The molecule has 0 fully saturated rings. The van der Waals surface area contributed by atoms with E-state index in [1.54, 1.807) is 0 Å². The van der Waals surface area contributed by atoms with E-state index in [2.05, 4.69) is 15.5 Å². The van der Waals surface area contributed by atoms with Crippen molar-refractivity contribution in [2.24, 2.45) is 15.5 Å². The first-order valence-corrected chi connectivity index (χ1v) is 2.61. The average Bonchev–Trinajstić information content (AvgIpc) is 1.89. The second kappa shape index (κ2) is 3.76. The highest BCUT2D eigenvalue weighted by molar-refractivity contribution is 4.86. The molecule has 6 nitrogen and oxygen atoms in total. The van der Waals surface area contributed by atoms with E-state index in [0.717, 1.165) is 0 Å². The van der Waals surface area contributed by atoms with Crippen molar-refractivity contribution >= 4 is 0 Å². The van der Waals surface area contributed by atoms with Crippen molar-refractivity contribution in [3.63, 3.8) is 0 Å². The van der Waals surface area contributed by atoms with Gasteiger partial charge in [-0.05, 0) is 6.92 Å². The van der Waals surface area contributed by atoms with Gasteiger partial charge in [0.15, 0.2) is 0 Å². The van der Waals surface area contributed by atoms with E-state index in [4.69, 9.17) is 0 Å². The molecule has 10 heavy (non-hydrogen) atoms. The van der Waals surface area contributed by atoms with Gasteiger partial charge in [0.05, 0.1) is 0 Å². The lowest BCUT2D eigenvalue weighted by molar-refractivity contribution is 0.491. The Morgan fingerprint density at radius 2 is 1.50 bits per heavy atom. The molecule has 0 bridgehead atoms. The Labute approximate surface area is 56.9 Å². The molecule has 0 aliphatic carbocycles. The van der Waals surface area contributed by atoms with Gasteiger partial charge in [-0.1, -0.05) is 15.5 Å². The highest BCUT2D eigenvalue weighted by Crippen LogP contribution is 2.10. The van der Waals surface area contributed by atoms with Gasteiger partial charge in [-0.15, -0.1) is 0 Å². The normalized spacial score (nSPS) is 10.5. The van der Waals surface area contributed by atoms with Crippen LogP contribution in [0.3, 0.4) is 0 Å². The highest BCUT2D eigenvalue weighted by atomic mass is 16.3. The fraction of sp³-hybridized carbons (Fsp3) is 1.00. The SMILES string of the molecule is CC(CN=O)(CN=O)N=O. The van der Waals surface area contributed by atoms with E-state index in [1.165, 1.54) is 6.92 Å². The fourth-order valence-corrected chi connectivity index (χ4v) is 0.386. The Kier molecular flexibility index (Phi) is 3.30. The van der Waals surface area contributed by atoms with Crippen LogP contribution in [0.5, 0.6) is 0 Å². The summed E-state index contributed by atoms with van der Waals surface area (Å²) in [7, 11) is 0. The summed E-state index contributed by atoms with van der Waals surface area (Å²) in [5.41, 5.74) is -1.25. The number of hydrogen-bond donors (Lipinski definition) is 0. The third-order valence-electron chi connectivity index (χ3n) is 1.03. The van der Waals surface area contributed by atoms with Crippen LogP contribution in [-0.2, 0) is 0 Å². The lowest BCUT2D eigenvalue weighted by atomic mass is 10.1. The van der Waals surface area contributed by atoms with Gasteiger partial charge in [0, 0.05) is 0 Å². The molecule has 0 aliphatic heterocycles. The number of rotatable bonds is 5. The van der Waals surface area contributed by atoms with Crippen LogP contribution < -0.4 is 0 Å². The van der Waals surface area contributed by atoms with Crippen LogP contribution in [0.15, 0.2) is 15.5 Å². The molecule has 0 saturated carbocycles. The van der Waals surface area contributed by atoms with Crippen LogP contribution in [0.1, 0.15) is 6.92 Å². The number of nitroso groups, excluding NO2 is 3. The van der Waals surface area contributed by atoms with E-state index in [9.17, 15) is 14.7 Å². The van der Waals surface area contributed by atoms with Crippen LogP contribution in [0.25, 0.3) is 0 Å². The third kappa shape index (κ3) is 2.38. The topological polar surface area (TPSA) is 88.3 Å². The van der Waals surface area contributed by atoms with E-state index < -0.39 is 5.54 Å². The Balaban J connectivity index is 4.05. The first-order valence-electron chi connectivity index (χ1n) is 2.61. The summed E-state index contributed by atoms with van der Waals surface area (Å²) in [5, 5.41) is 7.47. The van der Waals surface area contributed by atoms with E-state index in [0.29, 0.717) is 0 Å². The van der Waals surface area contributed by atoms with E-state index in [-0.39, 0.29) is 13.1 Å². The monoisotopic (exact) mass is 145 g/mol. The van der Waals surface area contributed by atoms with Crippen molar-refractivity contribution in [1.29, 1.82) is 0 Å². The minimum atomic E-state index is -1.25. The summed E-state index contributed by atoms with van der Waals surface area (Å²) < 4.78 is 0. The average molecular weight is 145 g/mol. The van der Waals surface area contributed by atoms with Gasteiger partial charge in [0.2, 0.25) is 0 Å². The van der Waals surface area contributed by atoms with Gasteiger partial charge < -0.3 is 0 Å². The summed E-state index contributed by atoms with van der Waals surface area (Å²) in [4.78, 5) is 29.3. The summed E-state index contributed by atoms with van der Waals surface area (Å²) in [6.45, 7) is 0.743. The molecular formula is C4H7N3O3. The Morgan fingerprint density at radius 3 is 1.70 bits per heavy atom. The molecule has 0 heterocycles. The van der Waals surface area contributed by atoms with Crippen LogP contribution >= 0.6 is 0 Å². The summed E-state index contributed by atoms with van der Waals surface area (Å²) in [6, 6.07) is 0. The van der Waals surface area contributed by atoms with Gasteiger partial charge in [0.1, 0.15) is 18.6 Å². The fourth-order valence-electron chi connectivity index (χ4n) is 0.386. The minimum absolute atomic E-state index is 0.303. The van der Waals surface area contributed by atoms with Crippen molar-refractivity contribution in [2.75, 3.05) is 13.1 Å². The molecule has 0 saturated heterocycles. The molecule has 0 radical (unpaired) electrons.